The summed E-state index contributed by atoms with van der Waals surface area (Å²) in [4.78, 5) is 25.2. The van der Waals surface area contributed by atoms with Crippen LogP contribution in [0.15, 0.2) is 6.07 Å². The summed E-state index contributed by atoms with van der Waals surface area (Å²) in [6.07, 6.45) is 6.73. The molecule has 0 radical (unpaired) electrons. The van der Waals surface area contributed by atoms with Gasteiger partial charge in [-0.1, -0.05) is 25.7 Å². The number of hydrogen-bond donors (Lipinski definition) is 1. The molecule has 1 aromatic carbocycles. The fourth-order valence-electron chi connectivity index (χ4n) is 4.62. The quantitative estimate of drug-likeness (QED) is 0.751. The lowest BCUT2D eigenvalue weighted by Gasteiger charge is -2.35. The zero-order chi connectivity index (χ0) is 22.0. The van der Waals surface area contributed by atoms with E-state index < -0.39 is 5.82 Å². The molecule has 8 nitrogen and oxygen atoms in total. The molecular weight excluding hydrogens is 401 g/mol. The maximum absolute atomic E-state index is 15.0. The monoisotopic (exact) mass is 431 g/mol. The van der Waals surface area contributed by atoms with Crippen LogP contribution in [-0.2, 0) is 4.79 Å². The van der Waals surface area contributed by atoms with Crippen LogP contribution in [0.3, 0.4) is 0 Å². The van der Waals surface area contributed by atoms with Crippen molar-refractivity contribution in [3.8, 4) is 11.5 Å². The number of fused-ring (bicyclic) bond motifs is 1. The minimum absolute atomic E-state index is 0.0169. The van der Waals surface area contributed by atoms with Crippen molar-refractivity contribution in [2.24, 2.45) is 5.92 Å². The van der Waals surface area contributed by atoms with Gasteiger partial charge in [0.25, 0.3) is 0 Å². The lowest BCUT2D eigenvalue weighted by molar-refractivity contribution is -0.131. The first-order valence-corrected chi connectivity index (χ1v) is 10.9. The number of piperazine rings is 1. The van der Waals surface area contributed by atoms with Gasteiger partial charge in [0.15, 0.2) is 17.3 Å². The molecule has 9 heteroatoms. The Labute approximate surface area is 181 Å². The van der Waals surface area contributed by atoms with E-state index in [2.05, 4.69) is 9.97 Å². The third kappa shape index (κ3) is 4.31. The number of rotatable bonds is 6. The Balaban J connectivity index is 1.46. The molecule has 2 N–H and O–H groups in total. The molecule has 1 aromatic heterocycles. The molecule has 1 aliphatic heterocycles. The minimum Gasteiger partial charge on any atom is -0.493 e. The van der Waals surface area contributed by atoms with E-state index >= 15 is 4.39 Å². The Kier molecular flexibility index (Phi) is 6.29. The lowest BCUT2D eigenvalue weighted by atomic mass is 10.0. The van der Waals surface area contributed by atoms with Crippen molar-refractivity contribution in [2.45, 2.75) is 38.5 Å². The fourth-order valence-corrected chi connectivity index (χ4v) is 4.62. The number of hydrogen-bond acceptors (Lipinski definition) is 7. The molecule has 4 rings (SSSR count). The van der Waals surface area contributed by atoms with Gasteiger partial charge in [-0.15, -0.1) is 0 Å². The number of methoxy groups -OCH3 is 2. The van der Waals surface area contributed by atoms with E-state index in [0.29, 0.717) is 49.9 Å². The average molecular weight is 432 g/mol. The maximum atomic E-state index is 15.0. The summed E-state index contributed by atoms with van der Waals surface area (Å²) in [5, 5.41) is 0.375. The van der Waals surface area contributed by atoms with Crippen molar-refractivity contribution < 1.29 is 18.7 Å². The van der Waals surface area contributed by atoms with E-state index in [0.717, 1.165) is 6.42 Å². The van der Waals surface area contributed by atoms with Gasteiger partial charge in [-0.3, -0.25) is 4.79 Å². The van der Waals surface area contributed by atoms with Gasteiger partial charge < -0.3 is 25.0 Å². The highest BCUT2D eigenvalue weighted by atomic mass is 19.1. The molecule has 1 saturated heterocycles. The summed E-state index contributed by atoms with van der Waals surface area (Å²) in [5.74, 6) is 1.05. The molecule has 1 amide bonds. The van der Waals surface area contributed by atoms with Gasteiger partial charge in [0.1, 0.15) is 11.3 Å². The third-order valence-electron chi connectivity index (χ3n) is 6.45. The number of nitrogens with zero attached hydrogens (tertiary/aromatic N) is 4. The number of carbonyl (C=O) groups is 1. The second kappa shape index (κ2) is 9.11. The summed E-state index contributed by atoms with van der Waals surface area (Å²) in [6.45, 7) is 2.35. The van der Waals surface area contributed by atoms with Crippen LogP contribution in [0.4, 0.5) is 16.2 Å². The molecule has 0 atom stereocenters. The number of nitrogen functional groups attached to an aromatic ring is 1. The minimum atomic E-state index is -0.632. The van der Waals surface area contributed by atoms with Gasteiger partial charge in [0.05, 0.1) is 14.2 Å². The zero-order valence-corrected chi connectivity index (χ0v) is 18.2. The Bertz CT molecular complexity index is 956. The van der Waals surface area contributed by atoms with E-state index in [1.165, 1.54) is 39.9 Å². The highest BCUT2D eigenvalue weighted by molar-refractivity contribution is 5.92. The van der Waals surface area contributed by atoms with Crippen LogP contribution in [0.1, 0.15) is 38.5 Å². The summed E-state index contributed by atoms with van der Waals surface area (Å²) in [7, 11) is 2.81. The first kappa shape index (κ1) is 21.4. The molecule has 1 aliphatic carbocycles. The number of anilines is 2. The third-order valence-corrected chi connectivity index (χ3v) is 6.45. The standard InChI is InChI=1S/C22H30FN5O3/c1-30-16-13-15-19(18(23)20(16)31-2)25-22(26-21(15)24)28-11-9-27(10-12-28)17(29)8-7-14-5-3-4-6-14/h13-14H,3-12H2,1-2H3,(H2,24,25,26). The number of aromatic nitrogens is 2. The largest absolute Gasteiger partial charge is 0.493 e. The van der Waals surface area contributed by atoms with Gasteiger partial charge in [0.2, 0.25) is 11.9 Å². The molecule has 31 heavy (non-hydrogen) atoms. The summed E-state index contributed by atoms with van der Waals surface area (Å²) in [6, 6.07) is 1.58. The molecule has 1 saturated carbocycles. The van der Waals surface area contributed by atoms with E-state index in [1.807, 2.05) is 9.80 Å². The van der Waals surface area contributed by atoms with Crippen LogP contribution in [0.2, 0.25) is 0 Å². The number of ether oxygens (including phenoxy) is 2. The SMILES string of the molecule is COc1cc2c(N)nc(N3CCN(C(=O)CCC4CCCC4)CC3)nc2c(F)c1OC. The smallest absolute Gasteiger partial charge is 0.228 e. The number of benzene rings is 1. The predicted octanol–water partition coefficient (Wildman–Crippen LogP) is 2.99. The lowest BCUT2D eigenvalue weighted by Crippen LogP contribution is -2.49. The number of amides is 1. The van der Waals surface area contributed by atoms with Crippen molar-refractivity contribution in [1.29, 1.82) is 0 Å². The van der Waals surface area contributed by atoms with Gasteiger partial charge in [-0.05, 0) is 18.4 Å². The summed E-state index contributed by atoms with van der Waals surface area (Å²) >= 11 is 0. The number of halogens is 1. The second-order valence-corrected chi connectivity index (χ2v) is 8.29. The van der Waals surface area contributed by atoms with Crippen molar-refractivity contribution in [3.63, 3.8) is 0 Å². The molecule has 2 heterocycles. The van der Waals surface area contributed by atoms with Gasteiger partial charge in [-0.2, -0.15) is 4.98 Å². The van der Waals surface area contributed by atoms with Crippen LogP contribution in [0.5, 0.6) is 11.5 Å². The van der Waals surface area contributed by atoms with Crippen LogP contribution < -0.4 is 20.1 Å². The molecule has 2 fully saturated rings. The van der Waals surface area contributed by atoms with E-state index in [4.69, 9.17) is 15.2 Å². The Morgan fingerprint density at radius 1 is 1.16 bits per heavy atom. The normalized spacial score (nSPS) is 17.4. The maximum Gasteiger partial charge on any atom is 0.228 e. The van der Waals surface area contributed by atoms with E-state index in [9.17, 15) is 4.79 Å². The van der Waals surface area contributed by atoms with Crippen LogP contribution in [0.25, 0.3) is 10.9 Å². The topological polar surface area (TPSA) is 93.8 Å². The van der Waals surface area contributed by atoms with Crippen LogP contribution in [0, 0.1) is 11.7 Å². The van der Waals surface area contributed by atoms with Crippen molar-refractivity contribution in [1.82, 2.24) is 14.9 Å². The Morgan fingerprint density at radius 2 is 1.87 bits per heavy atom. The molecule has 0 spiro atoms. The highest BCUT2D eigenvalue weighted by Crippen LogP contribution is 2.37. The van der Waals surface area contributed by atoms with Gasteiger partial charge in [0, 0.05) is 38.0 Å². The van der Waals surface area contributed by atoms with E-state index in [-0.39, 0.29) is 28.7 Å². The molecule has 2 aromatic rings. The first-order chi connectivity index (χ1) is 15.0. The number of nitrogens with two attached hydrogens (primary N) is 1. The predicted molar refractivity (Wildman–Crippen MR) is 117 cm³/mol. The molecular formula is C22H30FN5O3. The average Bonchev–Trinajstić information content (AvgIpc) is 3.31. The zero-order valence-electron chi connectivity index (χ0n) is 18.2. The van der Waals surface area contributed by atoms with Crippen molar-refractivity contribution in [2.75, 3.05) is 51.0 Å². The van der Waals surface area contributed by atoms with Gasteiger partial charge >= 0.3 is 0 Å². The highest BCUT2D eigenvalue weighted by Gasteiger charge is 2.26. The fraction of sp³-hybridized carbons (Fsp3) is 0.591. The van der Waals surface area contributed by atoms with Gasteiger partial charge in [-0.25, -0.2) is 9.37 Å². The number of carbonyl (C=O) groups excluding carboxylic acids is 1. The second-order valence-electron chi connectivity index (χ2n) is 8.29. The Hall–Kier alpha value is -2.84. The van der Waals surface area contributed by atoms with E-state index in [1.54, 1.807) is 6.07 Å². The van der Waals surface area contributed by atoms with Crippen LogP contribution in [-0.4, -0.2) is 61.2 Å². The molecule has 168 valence electrons. The van der Waals surface area contributed by atoms with Crippen LogP contribution >= 0.6 is 0 Å². The Morgan fingerprint density at radius 3 is 2.52 bits per heavy atom. The molecule has 0 unspecified atom stereocenters. The summed E-state index contributed by atoms with van der Waals surface area (Å²) in [5.41, 5.74) is 6.21. The van der Waals surface area contributed by atoms with Crippen molar-refractivity contribution >= 4 is 28.6 Å². The first-order valence-electron chi connectivity index (χ1n) is 10.9. The van der Waals surface area contributed by atoms with Crippen molar-refractivity contribution in [3.05, 3.63) is 11.9 Å². The molecule has 2 aliphatic rings. The summed E-state index contributed by atoms with van der Waals surface area (Å²) < 4.78 is 25.3. The molecule has 0 bridgehead atoms.